The monoisotopic (exact) mass is 411 g/mol. The third kappa shape index (κ3) is 4.03. The van der Waals surface area contributed by atoms with Crippen molar-refractivity contribution in [3.05, 3.63) is 33.2 Å². The smallest absolute Gasteiger partial charge is 0.313 e. The average molecular weight is 412 g/mol. The molecule has 2 amide bonds. The summed E-state index contributed by atoms with van der Waals surface area (Å²) >= 11 is 1.62. The van der Waals surface area contributed by atoms with Gasteiger partial charge in [0.15, 0.2) is 0 Å². The molecule has 0 aromatic carbocycles. The van der Waals surface area contributed by atoms with E-state index in [-0.39, 0.29) is 12.0 Å². The van der Waals surface area contributed by atoms with Gasteiger partial charge in [-0.3, -0.25) is 9.59 Å². The number of hydrogen-bond acceptors (Lipinski definition) is 6. The van der Waals surface area contributed by atoms with Gasteiger partial charge < -0.3 is 16.0 Å². The first-order valence-corrected chi connectivity index (χ1v) is 10.8. The third-order valence-electron chi connectivity index (χ3n) is 5.76. The minimum Gasteiger partial charge on any atom is -0.383 e. The molecule has 7 nitrogen and oxygen atoms in total. The number of pyridine rings is 1. The van der Waals surface area contributed by atoms with Gasteiger partial charge in [0.2, 0.25) is 0 Å². The SMILES string of the molecule is Cc1cc(NC(=O)C(=O)N2C[C@H](C)CC[C@H]2C2C=c3scnc3=CC2)cnc1N. The van der Waals surface area contributed by atoms with E-state index in [9.17, 15) is 9.59 Å². The zero-order valence-electron chi connectivity index (χ0n) is 16.6. The fourth-order valence-electron chi connectivity index (χ4n) is 4.14. The fourth-order valence-corrected chi connectivity index (χ4v) is 4.93. The first-order chi connectivity index (χ1) is 13.9. The predicted octanol–water partition coefficient (Wildman–Crippen LogP) is 1.28. The van der Waals surface area contributed by atoms with Crippen molar-refractivity contribution in [2.24, 2.45) is 11.8 Å². The number of anilines is 2. The van der Waals surface area contributed by atoms with E-state index < -0.39 is 11.8 Å². The number of thiazole rings is 1. The maximum absolute atomic E-state index is 13.1. The summed E-state index contributed by atoms with van der Waals surface area (Å²) in [5.41, 5.74) is 8.81. The number of nitrogens with zero attached hydrogens (tertiary/aromatic N) is 3. The molecule has 1 unspecified atom stereocenters. The van der Waals surface area contributed by atoms with Crippen LogP contribution in [0.2, 0.25) is 0 Å². The highest BCUT2D eigenvalue weighted by Crippen LogP contribution is 2.30. The lowest BCUT2D eigenvalue weighted by Crippen LogP contribution is -2.53. The molecule has 0 spiro atoms. The Morgan fingerprint density at radius 2 is 2.14 bits per heavy atom. The molecule has 3 heterocycles. The molecule has 1 saturated heterocycles. The lowest BCUT2D eigenvalue weighted by Gasteiger charge is -2.41. The molecule has 2 aromatic rings. The van der Waals surface area contributed by atoms with Crippen LogP contribution < -0.4 is 20.9 Å². The van der Waals surface area contributed by atoms with Gasteiger partial charge in [0, 0.05) is 18.5 Å². The summed E-state index contributed by atoms with van der Waals surface area (Å²) in [4.78, 5) is 36.0. The summed E-state index contributed by atoms with van der Waals surface area (Å²) in [6.45, 7) is 4.53. The summed E-state index contributed by atoms with van der Waals surface area (Å²) in [7, 11) is 0. The van der Waals surface area contributed by atoms with Gasteiger partial charge in [-0.15, -0.1) is 11.3 Å². The van der Waals surface area contributed by atoms with Crippen LogP contribution in [-0.2, 0) is 9.59 Å². The lowest BCUT2D eigenvalue weighted by atomic mass is 9.83. The molecule has 3 N–H and O–H groups in total. The number of carbonyl (C=O) groups is 2. The van der Waals surface area contributed by atoms with E-state index in [1.807, 2.05) is 12.4 Å². The summed E-state index contributed by atoms with van der Waals surface area (Å²) < 4.78 is 1.15. The molecule has 2 aromatic heterocycles. The summed E-state index contributed by atoms with van der Waals surface area (Å²) in [5.74, 6) is -0.138. The number of fused-ring (bicyclic) bond motifs is 1. The van der Waals surface area contributed by atoms with Crippen LogP contribution in [0.4, 0.5) is 11.5 Å². The van der Waals surface area contributed by atoms with Crippen molar-refractivity contribution in [2.75, 3.05) is 17.6 Å². The number of aromatic nitrogens is 2. The van der Waals surface area contributed by atoms with Gasteiger partial charge in [-0.05, 0) is 43.7 Å². The molecule has 2 aliphatic rings. The van der Waals surface area contributed by atoms with Crippen molar-refractivity contribution < 1.29 is 9.59 Å². The van der Waals surface area contributed by atoms with Crippen molar-refractivity contribution >= 4 is 46.8 Å². The van der Waals surface area contributed by atoms with Gasteiger partial charge in [-0.2, -0.15) is 0 Å². The number of nitrogens with two attached hydrogens (primary N) is 1. The highest BCUT2D eigenvalue weighted by molar-refractivity contribution is 7.07. The highest BCUT2D eigenvalue weighted by atomic mass is 32.1. The number of amides is 2. The van der Waals surface area contributed by atoms with Crippen molar-refractivity contribution in [3.8, 4) is 0 Å². The molecule has 8 heteroatoms. The second-order valence-electron chi connectivity index (χ2n) is 7.96. The molecule has 1 aliphatic heterocycles. The number of aryl methyl sites for hydroxylation is 1. The number of piperidine rings is 1. The molecule has 0 bridgehead atoms. The van der Waals surface area contributed by atoms with Crippen LogP contribution in [0.3, 0.4) is 0 Å². The summed E-state index contributed by atoms with van der Waals surface area (Å²) in [5, 5.41) is 3.71. The molecule has 4 rings (SSSR count). The Labute approximate surface area is 173 Å². The molecule has 152 valence electrons. The Balaban J connectivity index is 1.53. The minimum absolute atomic E-state index is 0.0160. The summed E-state index contributed by atoms with van der Waals surface area (Å²) in [6, 6.07) is 1.74. The lowest BCUT2D eigenvalue weighted by molar-refractivity contribution is -0.147. The van der Waals surface area contributed by atoms with Crippen LogP contribution in [0.1, 0.15) is 31.7 Å². The fraction of sp³-hybridized carbons (Fsp3) is 0.429. The third-order valence-corrected chi connectivity index (χ3v) is 6.57. The minimum atomic E-state index is -0.631. The van der Waals surface area contributed by atoms with Gasteiger partial charge in [0.25, 0.3) is 0 Å². The zero-order valence-corrected chi connectivity index (χ0v) is 17.4. The van der Waals surface area contributed by atoms with E-state index in [0.717, 1.165) is 34.7 Å². The number of carbonyl (C=O) groups excluding carboxylic acids is 2. The number of likely N-dealkylation sites (tertiary alicyclic amines) is 1. The van der Waals surface area contributed by atoms with Crippen molar-refractivity contribution in [3.63, 3.8) is 0 Å². The molecule has 0 radical (unpaired) electrons. The quantitative estimate of drug-likeness (QED) is 0.725. The summed E-state index contributed by atoms with van der Waals surface area (Å²) in [6.07, 6.45) is 8.61. The Hall–Kier alpha value is -2.74. The Morgan fingerprint density at radius 1 is 1.31 bits per heavy atom. The normalized spacial score (nSPS) is 23.5. The van der Waals surface area contributed by atoms with Crippen LogP contribution in [0, 0.1) is 18.8 Å². The van der Waals surface area contributed by atoms with Crippen molar-refractivity contribution in [1.29, 1.82) is 0 Å². The predicted molar refractivity (Wildman–Crippen MR) is 114 cm³/mol. The van der Waals surface area contributed by atoms with Gasteiger partial charge in [0.1, 0.15) is 5.82 Å². The molecule has 1 fully saturated rings. The van der Waals surface area contributed by atoms with Crippen LogP contribution in [0.15, 0.2) is 17.8 Å². The van der Waals surface area contributed by atoms with Crippen LogP contribution in [0.5, 0.6) is 0 Å². The van der Waals surface area contributed by atoms with E-state index in [1.165, 1.54) is 6.20 Å². The van der Waals surface area contributed by atoms with Crippen LogP contribution in [-0.4, -0.2) is 39.3 Å². The molecule has 1 aliphatic carbocycles. The first kappa shape index (κ1) is 19.6. The molecular formula is C21H25N5O2S. The van der Waals surface area contributed by atoms with Crippen LogP contribution >= 0.6 is 11.3 Å². The van der Waals surface area contributed by atoms with E-state index in [0.29, 0.717) is 24.0 Å². The van der Waals surface area contributed by atoms with Crippen molar-refractivity contribution in [2.45, 2.75) is 39.2 Å². The van der Waals surface area contributed by atoms with Gasteiger partial charge in [-0.25, -0.2) is 9.97 Å². The van der Waals surface area contributed by atoms with Crippen LogP contribution in [0.25, 0.3) is 12.2 Å². The molecule has 0 saturated carbocycles. The second kappa shape index (κ2) is 7.94. The zero-order chi connectivity index (χ0) is 20.5. The largest absolute Gasteiger partial charge is 0.383 e. The van der Waals surface area contributed by atoms with E-state index in [4.69, 9.17) is 5.73 Å². The number of nitrogen functional groups attached to an aromatic ring is 1. The Kier molecular flexibility index (Phi) is 5.36. The van der Waals surface area contributed by atoms with Gasteiger partial charge in [0.05, 0.1) is 27.3 Å². The topological polar surface area (TPSA) is 101 Å². The van der Waals surface area contributed by atoms with Crippen molar-refractivity contribution in [1.82, 2.24) is 14.9 Å². The van der Waals surface area contributed by atoms with E-state index >= 15 is 0 Å². The second-order valence-corrected chi connectivity index (χ2v) is 8.85. The van der Waals surface area contributed by atoms with E-state index in [2.05, 4.69) is 34.4 Å². The Bertz CT molecular complexity index is 1060. The first-order valence-electron chi connectivity index (χ1n) is 9.88. The number of hydrogen-bond donors (Lipinski definition) is 2. The average Bonchev–Trinajstić information content (AvgIpc) is 3.18. The molecular weight excluding hydrogens is 386 g/mol. The standard InChI is InChI=1S/C21H25N5O2S/c1-12-3-6-17(14-4-5-16-18(8-14)29-11-24-16)26(10-12)21(28)20(27)25-15-7-13(2)19(22)23-9-15/h5,7-9,11-12,14,17H,3-4,6,10H2,1-2H3,(H2,22,23)(H,25,27)/t12-,14?,17+/m1/s1. The van der Waals surface area contributed by atoms with Gasteiger partial charge >= 0.3 is 11.8 Å². The van der Waals surface area contributed by atoms with E-state index in [1.54, 1.807) is 22.3 Å². The highest BCUT2D eigenvalue weighted by Gasteiger charge is 2.37. The molecule has 29 heavy (non-hydrogen) atoms. The maximum atomic E-state index is 13.1. The Morgan fingerprint density at radius 3 is 2.93 bits per heavy atom. The maximum Gasteiger partial charge on any atom is 0.313 e. The molecule has 3 atom stereocenters. The van der Waals surface area contributed by atoms with Gasteiger partial charge in [-0.1, -0.05) is 19.1 Å². The number of rotatable bonds is 2. The number of nitrogens with one attached hydrogen (secondary N) is 1.